The van der Waals surface area contributed by atoms with E-state index in [9.17, 15) is 26.3 Å². The highest BCUT2D eigenvalue weighted by atomic mass is 32.2. The first-order valence-electron chi connectivity index (χ1n) is 30.9. The van der Waals surface area contributed by atoms with Crippen LogP contribution in [0.25, 0.3) is 50.6 Å². The maximum Gasteiger partial charge on any atom is 0.435 e. The quantitative estimate of drug-likeness (QED) is 0.130. The molecule has 3 aromatic heterocycles. The Balaban J connectivity index is 0.000000128. The van der Waals surface area contributed by atoms with Crippen LogP contribution in [0.15, 0.2) is 229 Å². The van der Waals surface area contributed by atoms with E-state index in [1.165, 1.54) is 31.0 Å². The van der Waals surface area contributed by atoms with Crippen LogP contribution in [-0.2, 0) is 18.8 Å². The van der Waals surface area contributed by atoms with Gasteiger partial charge in [-0.1, -0.05) is 121 Å². The van der Waals surface area contributed by atoms with Crippen molar-refractivity contribution >= 4 is 40.0 Å². The van der Waals surface area contributed by atoms with Crippen LogP contribution in [0.3, 0.4) is 0 Å². The molecule has 10 aromatic rings. The van der Waals surface area contributed by atoms with Crippen molar-refractivity contribution in [3.63, 3.8) is 0 Å². The van der Waals surface area contributed by atoms with Gasteiger partial charge in [-0.3, -0.25) is 0 Å². The van der Waals surface area contributed by atoms with Gasteiger partial charge in [0.25, 0.3) is 0 Å². The van der Waals surface area contributed by atoms with Crippen LogP contribution in [-0.4, -0.2) is 92.9 Å². The molecular weight excluding hydrogens is 1200 g/mol. The van der Waals surface area contributed by atoms with Gasteiger partial charge in [-0.15, -0.1) is 11.8 Å². The second-order valence-electron chi connectivity index (χ2n) is 23.7. The van der Waals surface area contributed by atoms with Crippen LogP contribution in [0.2, 0.25) is 0 Å². The molecule has 472 valence electrons. The Labute approximate surface area is 541 Å². The number of hydrogen-bond donors (Lipinski definition) is 2. The summed E-state index contributed by atoms with van der Waals surface area (Å²) in [5, 5.41) is 19.3. The third kappa shape index (κ3) is 13.5. The lowest BCUT2D eigenvalue weighted by Gasteiger charge is -2.34. The lowest BCUT2D eigenvalue weighted by atomic mass is 9.88. The largest absolute Gasteiger partial charge is 0.485 e. The molecule has 5 aliphatic rings. The van der Waals surface area contributed by atoms with Crippen LogP contribution in [0.1, 0.15) is 51.1 Å². The van der Waals surface area contributed by atoms with E-state index in [0.717, 1.165) is 101 Å². The minimum Gasteiger partial charge on any atom is -0.485 e. The molecule has 0 saturated carbocycles. The molecule has 4 atom stereocenters. The number of alkyl halides is 6. The van der Waals surface area contributed by atoms with Crippen LogP contribution in [0.5, 0.6) is 5.75 Å². The van der Waals surface area contributed by atoms with Crippen molar-refractivity contribution < 1.29 is 31.1 Å². The van der Waals surface area contributed by atoms with E-state index in [0.29, 0.717) is 45.1 Å². The molecule has 93 heavy (non-hydrogen) atoms. The van der Waals surface area contributed by atoms with Crippen molar-refractivity contribution in [3.8, 4) is 45.2 Å². The van der Waals surface area contributed by atoms with E-state index < -0.39 is 23.7 Å². The van der Waals surface area contributed by atoms with E-state index >= 15 is 0 Å². The molecule has 1 saturated heterocycles. The van der Waals surface area contributed by atoms with Crippen molar-refractivity contribution in [1.82, 2.24) is 34.2 Å². The third-order valence-electron chi connectivity index (χ3n) is 17.4. The zero-order valence-electron chi connectivity index (χ0n) is 51.9. The number of likely N-dealkylation sites (N-methyl/N-ethyl adjacent to an activating group) is 1. The van der Waals surface area contributed by atoms with E-state index in [4.69, 9.17) is 9.84 Å². The van der Waals surface area contributed by atoms with E-state index in [1.54, 1.807) is 31.3 Å². The molecule has 0 spiro atoms. The highest BCUT2D eigenvalue weighted by Crippen LogP contribution is 2.46. The number of nitrogens with one attached hydrogen (secondary N) is 2. The van der Waals surface area contributed by atoms with Crippen molar-refractivity contribution in [2.24, 2.45) is 5.92 Å². The van der Waals surface area contributed by atoms with Gasteiger partial charge < -0.3 is 25.2 Å². The molecule has 6 heterocycles. The van der Waals surface area contributed by atoms with Crippen LogP contribution in [0.4, 0.5) is 43.4 Å². The fourth-order valence-corrected chi connectivity index (χ4v) is 13.6. The molecule has 2 aliphatic carbocycles. The van der Waals surface area contributed by atoms with Gasteiger partial charge in [0, 0.05) is 84.5 Å². The number of benzene rings is 7. The predicted molar refractivity (Wildman–Crippen MR) is 361 cm³/mol. The van der Waals surface area contributed by atoms with Gasteiger partial charge >= 0.3 is 12.4 Å². The van der Waals surface area contributed by atoms with Crippen molar-refractivity contribution in [1.29, 1.82) is 0 Å². The smallest absolute Gasteiger partial charge is 0.435 e. The average molecular weight is 1270 g/mol. The molecular formula is C75H68F6N10OS. The molecule has 2 N–H and O–H groups in total. The number of nitrogens with zero attached hydrogens (tertiary/aromatic N) is 8. The summed E-state index contributed by atoms with van der Waals surface area (Å²) in [6, 6.07) is 59.8. The Kier molecular flexibility index (Phi) is 17.4. The number of allylic oxidation sites excluding steroid dienone is 5. The Hall–Kier alpha value is -9.78. The monoisotopic (exact) mass is 1270 g/mol. The number of para-hydroxylation sites is 1. The van der Waals surface area contributed by atoms with E-state index in [1.807, 2.05) is 141 Å². The number of hydrogen-bond acceptors (Lipinski definition) is 9. The van der Waals surface area contributed by atoms with Crippen molar-refractivity contribution in [2.75, 3.05) is 62.9 Å². The number of thioether (sulfide) groups is 1. The maximum absolute atomic E-state index is 13.6. The van der Waals surface area contributed by atoms with Crippen LogP contribution >= 0.6 is 11.8 Å². The third-order valence-corrected chi connectivity index (χ3v) is 18.9. The fraction of sp³-hybridized carbons (Fsp3) is 0.213. The average Bonchev–Trinajstić information content (AvgIpc) is 1.71. The summed E-state index contributed by atoms with van der Waals surface area (Å²) in [5.74, 6) is 1.38. The zero-order valence-corrected chi connectivity index (χ0v) is 52.7. The second kappa shape index (κ2) is 26.1. The lowest BCUT2D eigenvalue weighted by Crippen LogP contribution is -2.44. The van der Waals surface area contributed by atoms with Gasteiger partial charge in [0.2, 0.25) is 0 Å². The van der Waals surface area contributed by atoms with Crippen LogP contribution in [0, 0.1) is 19.8 Å². The number of ether oxygens (including phenoxy) is 1. The molecule has 0 bridgehead atoms. The first-order chi connectivity index (χ1) is 44.9. The molecule has 4 unspecified atom stereocenters. The first-order valence-corrected chi connectivity index (χ1v) is 31.8. The van der Waals surface area contributed by atoms with Gasteiger partial charge in [0.1, 0.15) is 11.9 Å². The Morgan fingerprint density at radius 2 is 1.02 bits per heavy atom. The normalized spacial score (nSPS) is 18.1. The Morgan fingerprint density at radius 1 is 0.516 bits per heavy atom. The molecule has 0 radical (unpaired) electrons. The minimum absolute atomic E-state index is 0.0540. The van der Waals surface area contributed by atoms with Crippen molar-refractivity contribution in [2.45, 2.75) is 54.8 Å². The number of rotatable bonds is 10. The zero-order chi connectivity index (χ0) is 64.5. The minimum atomic E-state index is -4.54. The van der Waals surface area contributed by atoms with Gasteiger partial charge in [0.15, 0.2) is 11.4 Å². The topological polar surface area (TPSA) is 93.2 Å². The SMILES string of the molecule is CNc1ccc(-n2nc(C(F)(F)F)cc2C2=CC3Oc4ccccc4C3C=C2)cc1.CNc1ccc(-n2nc(C)cc2C2=CC3Cc4ccccc4SC3C=C2)cc1.Cc1ccc(-c2ccc(-c3cc(C(F)(F)F)nn3-c3ccc(N4CCN(C)CC4)cc3)cc2)cc1. The predicted octanol–water partition coefficient (Wildman–Crippen LogP) is 17.2. The lowest BCUT2D eigenvalue weighted by molar-refractivity contribution is -0.142. The standard InChI is InChI=1S/C28H27F3N4.C24H23N3S.C23H18F3N3O/c1-20-3-5-21(6-4-20)22-7-9-23(10-8-22)26-19-27(28(29,30)31)32-35(26)25-13-11-24(12-14-25)34-17-15-33(2)16-18-34;1-16-13-22(27(26-16)21-10-8-20(25-2)9-11-21)17-7-12-24-19(14-17)15-18-5-3-4-6-23(18)28-24;1-27-15-7-9-16(10-8-15)29-19(13-22(28-29)23(24,25)26)14-6-11-18-17-4-2-3-5-20(17)30-21(18)12-14/h3-14,19H,15-18H2,1-2H3;3-14,19,24-25H,15H2,1-2H3;2-13,18,21,27H,1H3. The number of anilines is 3. The van der Waals surface area contributed by atoms with Gasteiger partial charge in [-0.05, 0) is 170 Å². The molecule has 3 aliphatic heterocycles. The number of aryl methyl sites for hydroxylation is 2. The first kappa shape index (κ1) is 62.0. The second-order valence-corrected chi connectivity index (χ2v) is 25.0. The van der Waals surface area contributed by atoms with Gasteiger partial charge in [-0.25, -0.2) is 14.0 Å². The highest BCUT2D eigenvalue weighted by molar-refractivity contribution is 8.00. The number of fused-ring (bicyclic) bond motifs is 5. The summed E-state index contributed by atoms with van der Waals surface area (Å²) in [6.45, 7) is 7.91. The number of aromatic nitrogens is 6. The number of halogens is 6. The molecule has 18 heteroatoms. The molecule has 11 nitrogen and oxygen atoms in total. The summed E-state index contributed by atoms with van der Waals surface area (Å²) in [5.41, 5.74) is 14.8. The molecule has 15 rings (SSSR count). The summed E-state index contributed by atoms with van der Waals surface area (Å²) < 4.78 is 91.8. The fourth-order valence-electron chi connectivity index (χ4n) is 12.3. The van der Waals surface area contributed by atoms with E-state index in [-0.39, 0.29) is 12.0 Å². The summed E-state index contributed by atoms with van der Waals surface area (Å²) in [4.78, 5) is 6.00. The van der Waals surface area contributed by atoms with Gasteiger partial charge in [-0.2, -0.15) is 41.6 Å². The van der Waals surface area contributed by atoms with Crippen molar-refractivity contribution in [3.05, 3.63) is 270 Å². The molecule has 1 fully saturated rings. The number of piperazine rings is 1. The highest BCUT2D eigenvalue weighted by Gasteiger charge is 2.39. The molecule has 0 amide bonds. The summed E-state index contributed by atoms with van der Waals surface area (Å²) >= 11 is 1.99. The maximum atomic E-state index is 13.6. The molecule has 7 aromatic carbocycles. The van der Waals surface area contributed by atoms with E-state index in [2.05, 4.69) is 122 Å². The van der Waals surface area contributed by atoms with Gasteiger partial charge in [0.05, 0.1) is 39.8 Å². The Morgan fingerprint density at radius 3 is 1.65 bits per heavy atom. The summed E-state index contributed by atoms with van der Waals surface area (Å²) in [6.07, 6.45) is 4.59. The van der Waals surface area contributed by atoms with Crippen LogP contribution < -0.4 is 20.3 Å². The summed E-state index contributed by atoms with van der Waals surface area (Å²) in [7, 11) is 5.82. The Bertz CT molecular complexity index is 4420.